The van der Waals surface area contributed by atoms with Crippen molar-refractivity contribution in [1.82, 2.24) is 0 Å². The molecule has 0 saturated carbocycles. The van der Waals surface area contributed by atoms with E-state index in [9.17, 15) is 9.59 Å². The second-order valence-corrected chi connectivity index (χ2v) is 1.45. The third-order valence-corrected chi connectivity index (χ3v) is 0.621. The van der Waals surface area contributed by atoms with Gasteiger partial charge < -0.3 is 4.74 Å². The van der Waals surface area contributed by atoms with Crippen molar-refractivity contribution < 1.29 is 14.3 Å². The maximum Gasteiger partial charge on any atom is 0.313 e. The van der Waals surface area contributed by atoms with E-state index in [1.54, 1.807) is 0 Å². The summed E-state index contributed by atoms with van der Waals surface area (Å²) in [5, 5.41) is 0. The van der Waals surface area contributed by atoms with Gasteiger partial charge in [-0.15, -0.1) is 13.2 Å². The van der Waals surface area contributed by atoms with Crippen LogP contribution >= 0.6 is 0 Å². The number of rotatable bonds is 2. The van der Waals surface area contributed by atoms with Crippen LogP contribution in [0.25, 0.3) is 0 Å². The van der Waals surface area contributed by atoms with E-state index in [2.05, 4.69) is 17.9 Å². The lowest BCUT2D eigenvalue weighted by molar-refractivity contribution is -0.142. The molecule has 0 radical (unpaired) electrons. The summed E-state index contributed by atoms with van der Waals surface area (Å²) in [6.07, 6.45) is -0.115. The van der Waals surface area contributed by atoms with E-state index in [-0.39, 0.29) is 12.2 Å². The summed E-state index contributed by atoms with van der Waals surface area (Å²) in [4.78, 5) is 20.3. The Balaban J connectivity index is 0. The molecular formula is C7H12O3. The molecular weight excluding hydrogens is 132 g/mol. The zero-order chi connectivity index (χ0) is 8.57. The molecule has 0 aliphatic carbocycles. The number of esters is 1. The summed E-state index contributed by atoms with van der Waals surface area (Å²) in [6.45, 7) is 7.34. The van der Waals surface area contributed by atoms with Crippen LogP contribution in [0.5, 0.6) is 0 Å². The molecule has 0 spiro atoms. The van der Waals surface area contributed by atoms with Crippen molar-refractivity contribution in [2.75, 3.05) is 7.11 Å². The quantitative estimate of drug-likeness (QED) is 0.329. The fourth-order valence-corrected chi connectivity index (χ4v) is 0.275. The Labute approximate surface area is 60.7 Å². The summed E-state index contributed by atoms with van der Waals surface area (Å²) < 4.78 is 4.20. The number of carbonyl (C=O) groups is 2. The first-order chi connectivity index (χ1) is 4.66. The topological polar surface area (TPSA) is 43.4 Å². The van der Waals surface area contributed by atoms with Gasteiger partial charge in [0, 0.05) is 0 Å². The molecule has 3 nitrogen and oxygen atoms in total. The highest BCUT2D eigenvalue weighted by atomic mass is 16.5. The minimum atomic E-state index is -0.475. The predicted octanol–water partition coefficient (Wildman–Crippen LogP) is 0.941. The summed E-state index contributed by atoms with van der Waals surface area (Å²) in [6, 6.07) is 0. The van der Waals surface area contributed by atoms with Crippen LogP contribution in [0.3, 0.4) is 0 Å². The normalized spacial score (nSPS) is 7.00. The van der Waals surface area contributed by atoms with E-state index in [4.69, 9.17) is 0 Å². The molecule has 0 N–H and O–H groups in total. The number of carbonyl (C=O) groups excluding carboxylic acids is 2. The van der Waals surface area contributed by atoms with Crippen LogP contribution < -0.4 is 0 Å². The largest absolute Gasteiger partial charge is 0.469 e. The van der Waals surface area contributed by atoms with Crippen LogP contribution in [0.1, 0.15) is 13.3 Å². The van der Waals surface area contributed by atoms with Gasteiger partial charge in [0.15, 0.2) is 0 Å². The zero-order valence-corrected chi connectivity index (χ0v) is 6.35. The Morgan fingerprint density at radius 3 is 1.90 bits per heavy atom. The highest BCUT2D eigenvalue weighted by molar-refractivity contribution is 5.93. The van der Waals surface area contributed by atoms with Crippen molar-refractivity contribution >= 4 is 11.8 Å². The average Bonchev–Trinajstić information content (AvgIpc) is 1.91. The molecule has 0 fully saturated rings. The van der Waals surface area contributed by atoms with Gasteiger partial charge in [-0.3, -0.25) is 9.59 Å². The molecule has 0 aromatic rings. The average molecular weight is 144 g/mol. The Hall–Kier alpha value is -1.12. The van der Waals surface area contributed by atoms with E-state index in [0.29, 0.717) is 0 Å². The van der Waals surface area contributed by atoms with Crippen LogP contribution in [0.15, 0.2) is 13.2 Å². The van der Waals surface area contributed by atoms with Gasteiger partial charge in [-0.1, -0.05) is 0 Å². The van der Waals surface area contributed by atoms with E-state index >= 15 is 0 Å². The van der Waals surface area contributed by atoms with Crippen LogP contribution in [0, 0.1) is 0 Å². The van der Waals surface area contributed by atoms with Gasteiger partial charge in [-0.05, 0) is 6.92 Å². The summed E-state index contributed by atoms with van der Waals surface area (Å²) in [7, 11) is 1.26. The lowest BCUT2D eigenvalue weighted by Gasteiger charge is -1.90. The van der Waals surface area contributed by atoms with Gasteiger partial charge in [0.1, 0.15) is 12.2 Å². The van der Waals surface area contributed by atoms with Crippen molar-refractivity contribution in [2.45, 2.75) is 13.3 Å². The molecule has 0 aliphatic heterocycles. The van der Waals surface area contributed by atoms with Crippen molar-refractivity contribution in [3.63, 3.8) is 0 Å². The highest BCUT2D eigenvalue weighted by Crippen LogP contribution is 1.83. The van der Waals surface area contributed by atoms with Crippen LogP contribution in [0.2, 0.25) is 0 Å². The molecule has 58 valence electrons. The number of ether oxygens (including phenoxy) is 1. The maximum absolute atomic E-state index is 10.2. The summed E-state index contributed by atoms with van der Waals surface area (Å²) >= 11 is 0. The number of ketones is 1. The molecule has 0 unspecified atom stereocenters. The van der Waals surface area contributed by atoms with Crippen molar-refractivity contribution in [2.24, 2.45) is 0 Å². The van der Waals surface area contributed by atoms with Gasteiger partial charge >= 0.3 is 5.97 Å². The van der Waals surface area contributed by atoms with E-state index in [0.717, 1.165) is 0 Å². The predicted molar refractivity (Wildman–Crippen MR) is 38.6 cm³/mol. The third-order valence-electron chi connectivity index (χ3n) is 0.621. The van der Waals surface area contributed by atoms with E-state index in [1.165, 1.54) is 14.0 Å². The summed E-state index contributed by atoms with van der Waals surface area (Å²) in [5.41, 5.74) is 0. The number of methoxy groups -OCH3 is 1. The van der Waals surface area contributed by atoms with Gasteiger partial charge in [0.25, 0.3) is 0 Å². The Morgan fingerprint density at radius 1 is 1.40 bits per heavy atom. The Morgan fingerprint density at radius 2 is 1.80 bits per heavy atom. The van der Waals surface area contributed by atoms with Crippen LogP contribution in [-0.4, -0.2) is 18.9 Å². The number of Topliss-reactive ketones (excluding diaryl/α,β-unsaturated/α-hetero) is 1. The fraction of sp³-hybridized carbons (Fsp3) is 0.429. The second kappa shape index (κ2) is 7.88. The summed E-state index contributed by atoms with van der Waals surface area (Å²) in [5.74, 6) is -0.644. The molecule has 0 rings (SSSR count). The lowest BCUT2D eigenvalue weighted by atomic mass is 10.3. The van der Waals surface area contributed by atoms with Gasteiger partial charge in [0.2, 0.25) is 0 Å². The minimum absolute atomic E-state index is 0.115. The van der Waals surface area contributed by atoms with Gasteiger partial charge in [-0.2, -0.15) is 0 Å². The molecule has 3 heteroatoms. The molecule has 0 bridgehead atoms. The van der Waals surface area contributed by atoms with Gasteiger partial charge in [-0.25, -0.2) is 0 Å². The van der Waals surface area contributed by atoms with E-state index < -0.39 is 5.97 Å². The molecule has 0 saturated heterocycles. The maximum atomic E-state index is 10.2. The van der Waals surface area contributed by atoms with Crippen molar-refractivity contribution in [3.8, 4) is 0 Å². The minimum Gasteiger partial charge on any atom is -0.469 e. The first-order valence-corrected chi connectivity index (χ1v) is 2.73. The molecule has 0 aromatic heterocycles. The van der Waals surface area contributed by atoms with E-state index in [1.807, 2.05) is 0 Å². The van der Waals surface area contributed by atoms with Crippen molar-refractivity contribution in [1.29, 1.82) is 0 Å². The van der Waals surface area contributed by atoms with Crippen LogP contribution in [0.4, 0.5) is 0 Å². The molecule has 0 amide bonds. The molecule has 0 aliphatic rings. The monoisotopic (exact) mass is 144 g/mol. The SMILES string of the molecule is C=C.COC(=O)CC(C)=O. The number of hydrogen-bond acceptors (Lipinski definition) is 3. The first kappa shape index (κ1) is 11.6. The molecule has 0 heterocycles. The zero-order valence-electron chi connectivity index (χ0n) is 6.35. The Bertz CT molecular complexity index is 118. The molecule has 0 aromatic carbocycles. The molecule has 0 atom stereocenters. The third kappa shape index (κ3) is 9.99. The Kier molecular flexibility index (Phi) is 9.18. The standard InChI is InChI=1S/C5H8O3.C2H4/c1-4(6)3-5(7)8-2;1-2/h3H2,1-2H3;1-2H2. The van der Waals surface area contributed by atoms with Gasteiger partial charge in [0.05, 0.1) is 7.11 Å². The fourth-order valence-electron chi connectivity index (χ4n) is 0.275. The number of hydrogen-bond donors (Lipinski definition) is 0. The smallest absolute Gasteiger partial charge is 0.313 e. The molecule has 10 heavy (non-hydrogen) atoms. The second-order valence-electron chi connectivity index (χ2n) is 1.45. The van der Waals surface area contributed by atoms with Crippen LogP contribution in [-0.2, 0) is 14.3 Å². The lowest BCUT2D eigenvalue weighted by Crippen LogP contribution is -2.05. The first-order valence-electron chi connectivity index (χ1n) is 2.73. The highest BCUT2D eigenvalue weighted by Gasteiger charge is 2.01. The van der Waals surface area contributed by atoms with Crippen molar-refractivity contribution in [3.05, 3.63) is 13.2 Å².